The van der Waals surface area contributed by atoms with Gasteiger partial charge in [0.1, 0.15) is 10.9 Å². The number of hydrogen-bond donors (Lipinski definition) is 2. The topological polar surface area (TPSA) is 106 Å². The number of nitrogens with one attached hydrogen (secondary N) is 1. The molecular weight excluding hydrogens is 284 g/mol. The molecule has 20 heavy (non-hydrogen) atoms. The summed E-state index contributed by atoms with van der Waals surface area (Å²) in [5.41, 5.74) is 0. The number of hydrogen-bond acceptors (Lipinski definition) is 5. The van der Waals surface area contributed by atoms with Gasteiger partial charge >= 0.3 is 5.97 Å². The van der Waals surface area contributed by atoms with E-state index in [-0.39, 0.29) is 17.2 Å². The fourth-order valence-electron chi connectivity index (χ4n) is 1.54. The van der Waals surface area contributed by atoms with Crippen LogP contribution in [0, 0.1) is 0 Å². The van der Waals surface area contributed by atoms with Crippen molar-refractivity contribution >= 4 is 16.0 Å². The van der Waals surface area contributed by atoms with Crippen LogP contribution in [0.4, 0.5) is 0 Å². The molecule has 112 valence electrons. The smallest absolute Gasteiger partial charge is 0.321 e. The Labute approximate surface area is 118 Å². The monoisotopic (exact) mass is 302 g/mol. The Morgan fingerprint density at radius 1 is 1.50 bits per heavy atom. The minimum Gasteiger partial charge on any atom is -0.481 e. The van der Waals surface area contributed by atoms with Crippen LogP contribution in [0.3, 0.4) is 0 Å². The first kappa shape index (κ1) is 16.4. The average molecular weight is 302 g/mol. The Morgan fingerprint density at radius 2 is 2.20 bits per heavy atom. The van der Waals surface area contributed by atoms with E-state index in [9.17, 15) is 13.2 Å². The van der Waals surface area contributed by atoms with Crippen molar-refractivity contribution in [3.05, 3.63) is 18.3 Å². The summed E-state index contributed by atoms with van der Waals surface area (Å²) in [5.74, 6) is -0.909. The highest BCUT2D eigenvalue weighted by Gasteiger charge is 2.25. The Hall–Kier alpha value is -1.67. The van der Waals surface area contributed by atoms with Crippen molar-refractivity contribution in [2.45, 2.75) is 37.1 Å². The molecule has 0 saturated heterocycles. The molecule has 0 aromatic carbocycles. The third-order valence-electron chi connectivity index (χ3n) is 2.67. The van der Waals surface area contributed by atoms with E-state index in [2.05, 4.69) is 9.71 Å². The van der Waals surface area contributed by atoms with Crippen LogP contribution in [-0.4, -0.2) is 37.6 Å². The molecule has 2 N–H and O–H groups in total. The third kappa shape index (κ3) is 4.46. The van der Waals surface area contributed by atoms with Crippen molar-refractivity contribution < 1.29 is 23.1 Å². The molecule has 8 heteroatoms. The van der Waals surface area contributed by atoms with Gasteiger partial charge in [-0.3, -0.25) is 4.79 Å². The zero-order chi connectivity index (χ0) is 15.2. The Morgan fingerprint density at radius 3 is 2.65 bits per heavy atom. The number of rotatable bonds is 8. The molecule has 0 spiro atoms. The fraction of sp³-hybridized carbons (Fsp3) is 0.500. The zero-order valence-electron chi connectivity index (χ0n) is 11.4. The minimum atomic E-state index is -3.91. The number of carboxylic acids is 1. The lowest BCUT2D eigenvalue weighted by Gasteiger charge is -2.14. The number of aromatic nitrogens is 1. The summed E-state index contributed by atoms with van der Waals surface area (Å²) in [5, 5.41) is 9.03. The summed E-state index contributed by atoms with van der Waals surface area (Å²) in [6.07, 6.45) is 2.78. The second-order valence-electron chi connectivity index (χ2n) is 4.19. The first-order valence-corrected chi connectivity index (χ1v) is 7.64. The maximum atomic E-state index is 12.1. The molecule has 0 aliphatic heterocycles. The van der Waals surface area contributed by atoms with Crippen molar-refractivity contribution in [1.29, 1.82) is 0 Å². The highest BCUT2D eigenvalue weighted by atomic mass is 32.2. The molecule has 7 nitrogen and oxygen atoms in total. The van der Waals surface area contributed by atoms with E-state index in [0.29, 0.717) is 6.42 Å². The van der Waals surface area contributed by atoms with Gasteiger partial charge in [-0.2, -0.15) is 4.72 Å². The van der Waals surface area contributed by atoms with Crippen molar-refractivity contribution in [3.8, 4) is 5.88 Å². The second kappa shape index (κ2) is 7.20. The predicted octanol–water partition coefficient (Wildman–Crippen LogP) is 1.01. The van der Waals surface area contributed by atoms with Crippen molar-refractivity contribution in [3.63, 3.8) is 0 Å². The lowest BCUT2D eigenvalue weighted by atomic mass is 10.1. The maximum absolute atomic E-state index is 12.1. The summed E-state index contributed by atoms with van der Waals surface area (Å²) < 4.78 is 31.1. The summed E-state index contributed by atoms with van der Waals surface area (Å²) >= 11 is 0. The summed E-state index contributed by atoms with van der Waals surface area (Å²) in [4.78, 5) is 14.7. The van der Waals surface area contributed by atoms with Crippen LogP contribution in [0.25, 0.3) is 0 Å². The Balaban J connectivity index is 2.88. The van der Waals surface area contributed by atoms with Gasteiger partial charge in [-0.15, -0.1) is 0 Å². The van der Waals surface area contributed by atoms with E-state index < -0.39 is 22.0 Å². The molecule has 0 aliphatic rings. The second-order valence-corrected chi connectivity index (χ2v) is 5.90. The van der Waals surface area contributed by atoms with Crippen LogP contribution in [0.15, 0.2) is 23.2 Å². The summed E-state index contributed by atoms with van der Waals surface area (Å²) in [6, 6.07) is 1.57. The van der Waals surface area contributed by atoms with E-state index in [0.717, 1.165) is 12.6 Å². The first-order valence-electron chi connectivity index (χ1n) is 6.16. The number of nitrogens with zero attached hydrogens (tertiary/aromatic N) is 1. The van der Waals surface area contributed by atoms with Gasteiger partial charge < -0.3 is 9.84 Å². The number of sulfonamides is 1. The largest absolute Gasteiger partial charge is 0.481 e. The van der Waals surface area contributed by atoms with Crippen LogP contribution < -0.4 is 9.46 Å². The highest BCUT2D eigenvalue weighted by Crippen LogP contribution is 2.13. The number of methoxy groups -OCH3 is 1. The molecule has 0 amide bonds. The van der Waals surface area contributed by atoms with E-state index in [4.69, 9.17) is 9.84 Å². The standard InChI is InChI=1S/C12H18N2O5S/c1-3-4-5-10(12(15)16)14-20(17,18)9-6-7-11(19-2)13-8-9/h6-8,10,14H,3-5H2,1-2H3,(H,15,16)/t10-/m0/s1. The minimum absolute atomic E-state index is 0.0963. The molecule has 0 saturated carbocycles. The molecular formula is C12H18N2O5S. The van der Waals surface area contributed by atoms with Gasteiger partial charge in [0.15, 0.2) is 0 Å². The van der Waals surface area contributed by atoms with Gasteiger partial charge in [-0.05, 0) is 12.5 Å². The van der Waals surface area contributed by atoms with Crippen LogP contribution in [0.5, 0.6) is 5.88 Å². The molecule has 0 aliphatic carbocycles. The molecule has 1 rings (SSSR count). The predicted molar refractivity (Wildman–Crippen MR) is 72.1 cm³/mol. The van der Waals surface area contributed by atoms with Crippen molar-refractivity contribution in [1.82, 2.24) is 9.71 Å². The lowest BCUT2D eigenvalue weighted by Crippen LogP contribution is -2.40. The molecule has 0 bridgehead atoms. The van der Waals surface area contributed by atoms with E-state index in [1.807, 2.05) is 6.92 Å². The van der Waals surface area contributed by atoms with E-state index >= 15 is 0 Å². The van der Waals surface area contributed by atoms with E-state index in [1.54, 1.807) is 0 Å². The van der Waals surface area contributed by atoms with Crippen LogP contribution in [-0.2, 0) is 14.8 Å². The molecule has 1 aromatic rings. The molecule has 1 aromatic heterocycles. The maximum Gasteiger partial charge on any atom is 0.321 e. The normalized spacial score (nSPS) is 12.9. The van der Waals surface area contributed by atoms with Gasteiger partial charge in [0.25, 0.3) is 0 Å². The number of carboxylic acid groups (broad SMARTS) is 1. The molecule has 1 heterocycles. The Kier molecular flexibility index (Phi) is 5.90. The highest BCUT2D eigenvalue weighted by molar-refractivity contribution is 7.89. The summed E-state index contributed by atoms with van der Waals surface area (Å²) in [6.45, 7) is 1.90. The number of carbonyl (C=O) groups is 1. The molecule has 0 radical (unpaired) electrons. The van der Waals surface area contributed by atoms with Gasteiger partial charge in [0.2, 0.25) is 15.9 Å². The number of aliphatic carboxylic acids is 1. The number of unbranched alkanes of at least 4 members (excludes halogenated alkanes) is 1. The van der Waals surface area contributed by atoms with Crippen LogP contribution in [0.1, 0.15) is 26.2 Å². The third-order valence-corrected chi connectivity index (χ3v) is 4.13. The van der Waals surface area contributed by atoms with E-state index in [1.165, 1.54) is 19.2 Å². The van der Waals surface area contributed by atoms with Gasteiger partial charge in [0, 0.05) is 6.07 Å². The zero-order valence-corrected chi connectivity index (χ0v) is 12.2. The first-order chi connectivity index (χ1) is 9.40. The number of ether oxygens (including phenoxy) is 1. The fourth-order valence-corrected chi connectivity index (χ4v) is 2.71. The quantitative estimate of drug-likeness (QED) is 0.742. The van der Waals surface area contributed by atoms with Crippen molar-refractivity contribution in [2.24, 2.45) is 0 Å². The molecule has 1 atom stereocenters. The molecule has 0 unspecified atom stereocenters. The van der Waals surface area contributed by atoms with Crippen LogP contribution >= 0.6 is 0 Å². The Bertz CT molecular complexity index is 541. The summed E-state index contributed by atoms with van der Waals surface area (Å²) in [7, 11) is -2.49. The lowest BCUT2D eigenvalue weighted by molar-refractivity contribution is -0.139. The number of pyridine rings is 1. The van der Waals surface area contributed by atoms with Crippen LogP contribution in [0.2, 0.25) is 0 Å². The van der Waals surface area contributed by atoms with Gasteiger partial charge in [0.05, 0.1) is 13.3 Å². The van der Waals surface area contributed by atoms with Crippen molar-refractivity contribution in [2.75, 3.05) is 7.11 Å². The SMILES string of the molecule is CCCC[C@H](NS(=O)(=O)c1ccc(OC)nc1)C(=O)O. The van der Waals surface area contributed by atoms with Gasteiger partial charge in [-0.25, -0.2) is 13.4 Å². The van der Waals surface area contributed by atoms with Gasteiger partial charge in [-0.1, -0.05) is 19.8 Å². The average Bonchev–Trinajstić information content (AvgIpc) is 2.43. The molecule has 0 fully saturated rings.